The lowest BCUT2D eigenvalue weighted by Crippen LogP contribution is -2.37. The number of hydrogen-bond acceptors (Lipinski definition) is 8. The smallest absolute Gasteiger partial charge is 0.309 e. The van der Waals surface area contributed by atoms with Crippen LogP contribution >= 0.6 is 23.2 Å². The summed E-state index contributed by atoms with van der Waals surface area (Å²) >= 11 is 12.7. The molecule has 4 rings (SSSR count). The Morgan fingerprint density at radius 1 is 1.24 bits per heavy atom. The van der Waals surface area contributed by atoms with Crippen LogP contribution in [0.5, 0.6) is 0 Å². The minimum Gasteiger partial charge on any atom is -0.466 e. The van der Waals surface area contributed by atoms with E-state index < -0.39 is 5.92 Å². The Hall–Kier alpha value is -3.54. The van der Waals surface area contributed by atoms with Crippen LogP contribution in [0.25, 0.3) is 0 Å². The number of aromatic nitrogens is 2. The molecule has 0 spiro atoms. The van der Waals surface area contributed by atoms with Gasteiger partial charge in [0, 0.05) is 28.8 Å². The number of benzene rings is 2. The zero-order chi connectivity index (χ0) is 26.5. The van der Waals surface area contributed by atoms with Gasteiger partial charge in [0.2, 0.25) is 0 Å². The summed E-state index contributed by atoms with van der Waals surface area (Å²) in [4.78, 5) is 22.9. The lowest BCUT2D eigenvalue weighted by Gasteiger charge is -2.32. The van der Waals surface area contributed by atoms with Crippen molar-refractivity contribution < 1.29 is 9.53 Å². The number of nitrogen functional groups attached to an aromatic ring is 1. The Labute approximate surface area is 226 Å². The van der Waals surface area contributed by atoms with Gasteiger partial charge in [-0.1, -0.05) is 41.4 Å². The number of anilines is 4. The predicted octanol–water partition coefficient (Wildman–Crippen LogP) is 5.85. The van der Waals surface area contributed by atoms with E-state index >= 15 is 0 Å². The largest absolute Gasteiger partial charge is 0.466 e. The molecule has 2 aromatic carbocycles. The molecule has 0 amide bonds. The van der Waals surface area contributed by atoms with Crippen LogP contribution in [0, 0.1) is 24.2 Å². The number of hydrogen-bond donors (Lipinski definition) is 2. The van der Waals surface area contributed by atoms with E-state index in [1.165, 1.54) is 6.33 Å². The highest BCUT2D eigenvalue weighted by atomic mass is 35.5. The summed E-state index contributed by atoms with van der Waals surface area (Å²) in [6.07, 6.45) is 2.81. The van der Waals surface area contributed by atoms with Crippen molar-refractivity contribution >= 4 is 52.2 Å². The molecule has 37 heavy (non-hydrogen) atoms. The van der Waals surface area contributed by atoms with Crippen molar-refractivity contribution in [1.29, 1.82) is 5.26 Å². The van der Waals surface area contributed by atoms with Gasteiger partial charge in [-0.25, -0.2) is 9.97 Å². The van der Waals surface area contributed by atoms with E-state index in [1.807, 2.05) is 32.0 Å². The molecule has 0 bridgehead atoms. The molecule has 1 unspecified atom stereocenters. The second-order valence-corrected chi connectivity index (χ2v) is 9.74. The van der Waals surface area contributed by atoms with Gasteiger partial charge in [-0.2, -0.15) is 5.26 Å². The molecule has 0 aliphatic carbocycles. The molecule has 0 saturated carbocycles. The first-order valence-corrected chi connectivity index (χ1v) is 12.8. The molecular weight excluding hydrogens is 511 g/mol. The number of piperidine rings is 1. The van der Waals surface area contributed by atoms with E-state index in [4.69, 9.17) is 33.7 Å². The number of nitriles is 1. The Kier molecular flexibility index (Phi) is 8.37. The Balaban J connectivity index is 1.53. The van der Waals surface area contributed by atoms with Crippen molar-refractivity contribution in [3.8, 4) is 6.07 Å². The number of aryl methyl sites for hydroxylation is 1. The van der Waals surface area contributed by atoms with Gasteiger partial charge in [0.05, 0.1) is 24.5 Å². The Morgan fingerprint density at radius 3 is 2.59 bits per heavy atom. The molecule has 0 radical (unpaired) electrons. The maximum absolute atomic E-state index is 12.1. The third kappa shape index (κ3) is 5.90. The Morgan fingerprint density at radius 2 is 1.95 bits per heavy atom. The van der Waals surface area contributed by atoms with Crippen molar-refractivity contribution in [3.05, 3.63) is 69.5 Å². The van der Waals surface area contributed by atoms with E-state index in [0.717, 1.165) is 16.8 Å². The van der Waals surface area contributed by atoms with Crippen LogP contribution < -0.4 is 16.0 Å². The normalized spacial score (nSPS) is 14.6. The van der Waals surface area contributed by atoms with Crippen molar-refractivity contribution in [2.45, 2.75) is 32.6 Å². The summed E-state index contributed by atoms with van der Waals surface area (Å²) in [5.41, 5.74) is 10.00. The van der Waals surface area contributed by atoms with Gasteiger partial charge in [-0.05, 0) is 61.6 Å². The van der Waals surface area contributed by atoms with E-state index in [2.05, 4.69) is 26.3 Å². The maximum atomic E-state index is 12.1. The minimum atomic E-state index is -0.536. The number of carbonyl (C=O) groups excluding carboxylic acids is 1. The third-order valence-electron chi connectivity index (χ3n) is 6.52. The highest BCUT2D eigenvalue weighted by Crippen LogP contribution is 2.37. The lowest BCUT2D eigenvalue weighted by atomic mass is 9.91. The molecular formula is C27H28Cl2N6O2. The van der Waals surface area contributed by atoms with Gasteiger partial charge in [-0.15, -0.1) is 0 Å². The first kappa shape index (κ1) is 26.5. The molecule has 1 atom stereocenters. The molecule has 1 fully saturated rings. The number of rotatable bonds is 7. The van der Waals surface area contributed by atoms with Gasteiger partial charge >= 0.3 is 5.97 Å². The van der Waals surface area contributed by atoms with Gasteiger partial charge in [-0.3, -0.25) is 4.79 Å². The number of nitrogens with zero attached hydrogens (tertiary/aromatic N) is 4. The lowest BCUT2D eigenvalue weighted by molar-refractivity contribution is -0.148. The molecule has 192 valence electrons. The number of esters is 1. The number of halogens is 2. The second kappa shape index (κ2) is 11.7. The molecule has 1 aliphatic rings. The van der Waals surface area contributed by atoms with E-state index in [-0.39, 0.29) is 11.9 Å². The molecule has 1 saturated heterocycles. The summed E-state index contributed by atoms with van der Waals surface area (Å²) in [6, 6.07) is 13.2. The first-order chi connectivity index (χ1) is 17.8. The van der Waals surface area contributed by atoms with Gasteiger partial charge in [0.25, 0.3) is 0 Å². The average Bonchev–Trinajstić information content (AvgIpc) is 2.89. The molecule has 8 nitrogen and oxygen atoms in total. The number of carbonyl (C=O) groups is 1. The van der Waals surface area contributed by atoms with Crippen LogP contribution in [-0.2, 0) is 9.53 Å². The summed E-state index contributed by atoms with van der Waals surface area (Å²) in [5.74, 6) is 0.285. The van der Waals surface area contributed by atoms with Crippen LogP contribution in [0.4, 0.5) is 23.0 Å². The standard InChI is InChI=1S/C27H28Cl2N6O2/c1-3-37-27(36)18-8-10-35(11-9-18)26-24(31)25(32-15-33-26)34-23-13-22(29)20(12-16(23)2)21(14-30)17-4-6-19(28)7-5-17/h4-7,12-13,15,18,21H,3,8-11,31H2,1-2H3,(H,32,33,34). The van der Waals surface area contributed by atoms with Crippen LogP contribution in [0.15, 0.2) is 42.7 Å². The minimum absolute atomic E-state index is 0.106. The van der Waals surface area contributed by atoms with Crippen molar-refractivity contribution in [1.82, 2.24) is 9.97 Å². The topological polar surface area (TPSA) is 117 Å². The molecule has 1 aliphatic heterocycles. The van der Waals surface area contributed by atoms with E-state index in [9.17, 15) is 10.1 Å². The fraction of sp³-hybridized carbons (Fsp3) is 0.333. The first-order valence-electron chi connectivity index (χ1n) is 12.1. The fourth-order valence-corrected chi connectivity index (χ4v) is 4.89. The molecule has 3 N–H and O–H groups in total. The predicted molar refractivity (Wildman–Crippen MR) is 146 cm³/mol. The highest BCUT2D eigenvalue weighted by Gasteiger charge is 2.28. The quantitative estimate of drug-likeness (QED) is 0.359. The van der Waals surface area contributed by atoms with Crippen molar-refractivity contribution in [2.75, 3.05) is 35.6 Å². The zero-order valence-corrected chi connectivity index (χ0v) is 22.2. The van der Waals surface area contributed by atoms with Crippen LogP contribution in [0.2, 0.25) is 10.0 Å². The Bertz CT molecular complexity index is 1320. The maximum Gasteiger partial charge on any atom is 0.309 e. The van der Waals surface area contributed by atoms with E-state index in [1.54, 1.807) is 18.2 Å². The summed E-state index contributed by atoms with van der Waals surface area (Å²) in [7, 11) is 0. The van der Waals surface area contributed by atoms with Crippen LogP contribution in [0.3, 0.4) is 0 Å². The number of ether oxygens (including phenoxy) is 1. The van der Waals surface area contributed by atoms with Crippen LogP contribution in [0.1, 0.15) is 42.4 Å². The zero-order valence-electron chi connectivity index (χ0n) is 20.7. The second-order valence-electron chi connectivity index (χ2n) is 8.90. The molecule has 3 aromatic rings. The van der Waals surface area contributed by atoms with Crippen molar-refractivity contribution in [2.24, 2.45) is 5.92 Å². The molecule has 2 heterocycles. The highest BCUT2D eigenvalue weighted by molar-refractivity contribution is 6.32. The van der Waals surface area contributed by atoms with Gasteiger partial charge in [0.15, 0.2) is 11.6 Å². The number of nitrogens with two attached hydrogens (primary N) is 1. The molecule has 1 aromatic heterocycles. The van der Waals surface area contributed by atoms with Crippen molar-refractivity contribution in [3.63, 3.8) is 0 Å². The van der Waals surface area contributed by atoms with Gasteiger partial charge < -0.3 is 20.7 Å². The van der Waals surface area contributed by atoms with E-state index in [0.29, 0.717) is 65.5 Å². The SMILES string of the molecule is CCOC(=O)C1CCN(c2ncnc(Nc3cc(Cl)c(C(C#N)c4ccc(Cl)cc4)cc3C)c2N)CC1. The third-order valence-corrected chi connectivity index (χ3v) is 7.10. The summed E-state index contributed by atoms with van der Waals surface area (Å²) in [6.45, 7) is 5.41. The fourth-order valence-electron chi connectivity index (χ4n) is 4.49. The van der Waals surface area contributed by atoms with Gasteiger partial charge in [0.1, 0.15) is 12.0 Å². The number of nitrogens with one attached hydrogen (secondary N) is 1. The summed E-state index contributed by atoms with van der Waals surface area (Å²) < 4.78 is 5.16. The summed E-state index contributed by atoms with van der Waals surface area (Å²) in [5, 5.41) is 14.2. The average molecular weight is 539 g/mol. The molecule has 10 heteroatoms. The van der Waals surface area contributed by atoms with Crippen LogP contribution in [-0.4, -0.2) is 35.6 Å². The monoisotopic (exact) mass is 538 g/mol.